The maximum Gasteiger partial charge on any atom is 0.139 e. The monoisotopic (exact) mass is 370 g/mol. The molecule has 0 fully saturated rings. The van der Waals surface area contributed by atoms with Gasteiger partial charge >= 0.3 is 0 Å². The van der Waals surface area contributed by atoms with Crippen molar-refractivity contribution in [2.24, 2.45) is 0 Å². The Labute approximate surface area is 164 Å². The molecule has 140 valence electrons. The average molecular weight is 370 g/mol. The molecule has 0 amide bonds. The van der Waals surface area contributed by atoms with Gasteiger partial charge in [0.1, 0.15) is 18.3 Å². The molecule has 0 radical (unpaired) electrons. The largest absolute Gasteiger partial charge is 0.388 e. The number of rotatable bonds is 6. The van der Waals surface area contributed by atoms with Crippen LogP contribution < -0.4 is 0 Å². The molecule has 0 spiro atoms. The zero-order valence-electron chi connectivity index (χ0n) is 15.8. The Bertz CT molecular complexity index is 1060. The molecular formula is C23H22N4O. The van der Waals surface area contributed by atoms with Crippen molar-refractivity contribution in [2.75, 3.05) is 0 Å². The van der Waals surface area contributed by atoms with Gasteiger partial charge in [-0.2, -0.15) is 0 Å². The van der Waals surface area contributed by atoms with Crippen LogP contribution in [-0.2, 0) is 19.4 Å². The molecule has 5 nitrogen and oxygen atoms in total. The van der Waals surface area contributed by atoms with Crippen molar-refractivity contribution in [1.82, 2.24) is 19.5 Å². The van der Waals surface area contributed by atoms with Crippen molar-refractivity contribution in [3.05, 3.63) is 107 Å². The molecule has 0 aliphatic rings. The van der Waals surface area contributed by atoms with E-state index >= 15 is 0 Å². The summed E-state index contributed by atoms with van der Waals surface area (Å²) in [6.07, 6.45) is 5.02. The third-order valence-electron chi connectivity index (χ3n) is 4.62. The van der Waals surface area contributed by atoms with Gasteiger partial charge in [0.2, 0.25) is 0 Å². The minimum atomic E-state index is -0.0872. The standard InChI is InChI=1S/C23H22N4O/c1-17-13-20(14-18-5-3-2-4-6-18)26-22(25-17)15-19-7-9-21(10-8-19)27-12-11-24-23(27)16-28/h2-13,28H,14-16H2,1H3. The Kier molecular flexibility index (Phi) is 5.26. The Morgan fingerprint density at radius 2 is 1.64 bits per heavy atom. The molecule has 0 bridgehead atoms. The lowest BCUT2D eigenvalue weighted by Gasteiger charge is -2.09. The number of benzene rings is 2. The van der Waals surface area contributed by atoms with Gasteiger partial charge in [-0.05, 0) is 36.2 Å². The highest BCUT2D eigenvalue weighted by molar-refractivity contribution is 5.37. The highest BCUT2D eigenvalue weighted by atomic mass is 16.3. The number of aliphatic hydroxyl groups excluding tert-OH is 1. The van der Waals surface area contributed by atoms with Crippen LogP contribution in [-0.4, -0.2) is 24.6 Å². The van der Waals surface area contributed by atoms with Crippen LogP contribution in [0.1, 0.15) is 34.2 Å². The fourth-order valence-electron chi connectivity index (χ4n) is 3.32. The third-order valence-corrected chi connectivity index (χ3v) is 4.62. The quantitative estimate of drug-likeness (QED) is 0.563. The molecule has 0 aliphatic heterocycles. The first-order chi connectivity index (χ1) is 13.7. The summed E-state index contributed by atoms with van der Waals surface area (Å²) in [7, 11) is 0. The van der Waals surface area contributed by atoms with Crippen LogP contribution in [0.25, 0.3) is 5.69 Å². The van der Waals surface area contributed by atoms with Crippen molar-refractivity contribution in [2.45, 2.75) is 26.4 Å². The zero-order chi connectivity index (χ0) is 19.3. The molecular weight excluding hydrogens is 348 g/mol. The van der Waals surface area contributed by atoms with E-state index in [9.17, 15) is 5.11 Å². The predicted octanol–water partition coefficient (Wildman–Crippen LogP) is 3.64. The first-order valence-electron chi connectivity index (χ1n) is 9.31. The highest BCUT2D eigenvalue weighted by Crippen LogP contribution is 2.15. The number of aromatic nitrogens is 4. The number of imidazole rings is 1. The van der Waals surface area contributed by atoms with Crippen LogP contribution in [0, 0.1) is 6.92 Å². The maximum absolute atomic E-state index is 9.38. The van der Waals surface area contributed by atoms with Crippen molar-refractivity contribution in [3.63, 3.8) is 0 Å². The van der Waals surface area contributed by atoms with Crippen LogP contribution in [0.5, 0.6) is 0 Å². The molecule has 0 aliphatic carbocycles. The van der Waals surface area contributed by atoms with Crippen LogP contribution in [0.15, 0.2) is 73.1 Å². The molecule has 4 aromatic rings. The van der Waals surface area contributed by atoms with E-state index in [1.54, 1.807) is 6.20 Å². The molecule has 0 saturated heterocycles. The summed E-state index contributed by atoms with van der Waals surface area (Å²) >= 11 is 0. The molecule has 1 N–H and O–H groups in total. The molecule has 2 aromatic carbocycles. The van der Waals surface area contributed by atoms with Crippen molar-refractivity contribution < 1.29 is 5.11 Å². The number of aryl methyl sites for hydroxylation is 1. The fourth-order valence-corrected chi connectivity index (χ4v) is 3.32. The smallest absolute Gasteiger partial charge is 0.139 e. The number of aliphatic hydroxyl groups is 1. The molecule has 5 heteroatoms. The first kappa shape index (κ1) is 18.1. The van der Waals surface area contributed by atoms with Gasteiger partial charge in [0.15, 0.2) is 0 Å². The Hall–Kier alpha value is -3.31. The van der Waals surface area contributed by atoms with Gasteiger partial charge in [-0.25, -0.2) is 15.0 Å². The average Bonchev–Trinajstić information content (AvgIpc) is 3.18. The van der Waals surface area contributed by atoms with E-state index in [1.165, 1.54) is 5.56 Å². The lowest BCUT2D eigenvalue weighted by atomic mass is 10.1. The van der Waals surface area contributed by atoms with E-state index < -0.39 is 0 Å². The number of nitrogens with zero attached hydrogens (tertiary/aromatic N) is 4. The molecule has 28 heavy (non-hydrogen) atoms. The van der Waals surface area contributed by atoms with E-state index in [2.05, 4.69) is 40.3 Å². The number of hydrogen-bond acceptors (Lipinski definition) is 4. The molecule has 2 aromatic heterocycles. The topological polar surface area (TPSA) is 63.8 Å². The van der Waals surface area contributed by atoms with Crippen molar-refractivity contribution >= 4 is 0 Å². The van der Waals surface area contributed by atoms with Gasteiger partial charge < -0.3 is 9.67 Å². The second-order valence-electron chi connectivity index (χ2n) is 6.79. The van der Waals surface area contributed by atoms with Crippen LogP contribution in [0.3, 0.4) is 0 Å². The second-order valence-corrected chi connectivity index (χ2v) is 6.79. The molecule has 2 heterocycles. The van der Waals surface area contributed by atoms with E-state index in [0.29, 0.717) is 12.2 Å². The summed E-state index contributed by atoms with van der Waals surface area (Å²) in [6.45, 7) is 1.92. The maximum atomic E-state index is 9.38. The first-order valence-corrected chi connectivity index (χ1v) is 9.31. The number of hydrogen-bond donors (Lipinski definition) is 1. The highest BCUT2D eigenvalue weighted by Gasteiger charge is 2.07. The van der Waals surface area contributed by atoms with E-state index in [-0.39, 0.29) is 6.61 Å². The van der Waals surface area contributed by atoms with E-state index in [1.807, 2.05) is 48.0 Å². The van der Waals surface area contributed by atoms with Crippen molar-refractivity contribution in [1.29, 1.82) is 0 Å². The van der Waals surface area contributed by atoms with Gasteiger partial charge in [-0.3, -0.25) is 0 Å². The van der Waals surface area contributed by atoms with E-state index in [4.69, 9.17) is 4.98 Å². The normalized spacial score (nSPS) is 10.9. The van der Waals surface area contributed by atoms with Crippen LogP contribution in [0.2, 0.25) is 0 Å². The molecule has 0 saturated carbocycles. The summed E-state index contributed by atoms with van der Waals surface area (Å²) in [6, 6.07) is 20.6. The molecule has 0 atom stereocenters. The van der Waals surface area contributed by atoms with Crippen LogP contribution >= 0.6 is 0 Å². The van der Waals surface area contributed by atoms with Gasteiger partial charge in [0, 0.05) is 42.3 Å². The Morgan fingerprint density at radius 1 is 0.893 bits per heavy atom. The zero-order valence-corrected chi connectivity index (χ0v) is 15.8. The minimum absolute atomic E-state index is 0.0872. The molecule has 4 rings (SSSR count). The lowest BCUT2D eigenvalue weighted by Crippen LogP contribution is -2.04. The fraction of sp³-hybridized carbons (Fsp3) is 0.174. The summed E-state index contributed by atoms with van der Waals surface area (Å²) in [5.74, 6) is 1.46. The summed E-state index contributed by atoms with van der Waals surface area (Å²) in [4.78, 5) is 13.5. The predicted molar refractivity (Wildman–Crippen MR) is 108 cm³/mol. The van der Waals surface area contributed by atoms with Gasteiger partial charge in [-0.1, -0.05) is 42.5 Å². The summed E-state index contributed by atoms with van der Waals surface area (Å²) < 4.78 is 1.88. The Balaban J connectivity index is 1.52. The van der Waals surface area contributed by atoms with Gasteiger partial charge in [0.25, 0.3) is 0 Å². The van der Waals surface area contributed by atoms with Crippen LogP contribution in [0.4, 0.5) is 0 Å². The van der Waals surface area contributed by atoms with Gasteiger partial charge in [0.05, 0.1) is 0 Å². The summed E-state index contributed by atoms with van der Waals surface area (Å²) in [5.41, 5.74) is 5.39. The SMILES string of the molecule is Cc1cc(Cc2ccccc2)nc(Cc2ccc(-n3ccnc3CO)cc2)n1. The van der Waals surface area contributed by atoms with E-state index in [0.717, 1.165) is 34.9 Å². The summed E-state index contributed by atoms with van der Waals surface area (Å²) in [5, 5.41) is 9.38. The second kappa shape index (κ2) is 8.15. The minimum Gasteiger partial charge on any atom is -0.388 e. The third kappa shape index (κ3) is 4.15. The molecule has 0 unspecified atom stereocenters. The van der Waals surface area contributed by atoms with Crippen molar-refractivity contribution in [3.8, 4) is 5.69 Å². The van der Waals surface area contributed by atoms with Gasteiger partial charge in [-0.15, -0.1) is 0 Å². The lowest BCUT2D eigenvalue weighted by molar-refractivity contribution is 0.269. The Morgan fingerprint density at radius 3 is 2.39 bits per heavy atom.